The molecular weight excluding hydrogens is 340 g/mol. The molecule has 1 amide bonds. The van der Waals surface area contributed by atoms with Gasteiger partial charge in [-0.3, -0.25) is 14.2 Å². The number of hydrogen-bond acceptors (Lipinski definition) is 4. The second-order valence-corrected chi connectivity index (χ2v) is 6.94. The number of carbonyl (C=O) groups excluding carboxylic acids is 1. The van der Waals surface area contributed by atoms with Crippen LogP contribution in [0.2, 0.25) is 0 Å². The quantitative estimate of drug-likeness (QED) is 0.754. The normalized spacial score (nSPS) is 16.6. The number of hydrogen-bond donors (Lipinski definition) is 1. The average molecular weight is 362 g/mol. The van der Waals surface area contributed by atoms with Crippen molar-refractivity contribution in [3.8, 4) is 0 Å². The Labute approximate surface area is 157 Å². The third-order valence-corrected chi connectivity index (χ3v) is 5.04. The van der Waals surface area contributed by atoms with E-state index in [0.29, 0.717) is 23.4 Å². The smallest absolute Gasteiger partial charge is 0.261 e. The molecule has 0 spiro atoms. The monoisotopic (exact) mass is 362 g/mol. The van der Waals surface area contributed by atoms with Crippen molar-refractivity contribution in [1.29, 1.82) is 0 Å². The van der Waals surface area contributed by atoms with Crippen molar-refractivity contribution in [2.24, 2.45) is 5.92 Å². The van der Waals surface area contributed by atoms with E-state index >= 15 is 0 Å². The van der Waals surface area contributed by atoms with Crippen molar-refractivity contribution in [1.82, 2.24) is 14.9 Å². The largest absolute Gasteiger partial charge is 0.371 e. The maximum atomic E-state index is 12.5. The molecule has 1 fully saturated rings. The van der Waals surface area contributed by atoms with Crippen molar-refractivity contribution >= 4 is 22.5 Å². The summed E-state index contributed by atoms with van der Waals surface area (Å²) in [6.45, 7) is 2.55. The van der Waals surface area contributed by atoms with Crippen molar-refractivity contribution in [3.63, 3.8) is 0 Å². The predicted molar refractivity (Wildman–Crippen MR) is 106 cm³/mol. The molecule has 138 valence electrons. The maximum absolute atomic E-state index is 12.5. The van der Waals surface area contributed by atoms with Crippen molar-refractivity contribution in [2.75, 3.05) is 24.5 Å². The fraction of sp³-hybridized carbons (Fsp3) is 0.286. The summed E-state index contributed by atoms with van der Waals surface area (Å²) >= 11 is 0. The number of amides is 1. The second kappa shape index (κ2) is 7.61. The summed E-state index contributed by atoms with van der Waals surface area (Å²) in [6, 6.07) is 17.5. The molecule has 6 nitrogen and oxygen atoms in total. The van der Waals surface area contributed by atoms with Crippen LogP contribution in [0.5, 0.6) is 0 Å². The highest BCUT2D eigenvalue weighted by Crippen LogP contribution is 2.22. The standard InChI is InChI=1S/C21H22N4O2/c26-20(14-25-15-23-19-9-5-4-8-18(19)21(25)27)22-12-16-10-11-24(13-16)17-6-2-1-3-7-17/h1-9,15-16H,10-14H2,(H,22,26). The summed E-state index contributed by atoms with van der Waals surface area (Å²) in [5, 5.41) is 3.50. The molecule has 1 saturated heterocycles. The minimum atomic E-state index is -0.188. The van der Waals surface area contributed by atoms with E-state index in [0.717, 1.165) is 19.5 Å². The van der Waals surface area contributed by atoms with Gasteiger partial charge in [0.25, 0.3) is 5.56 Å². The first-order valence-corrected chi connectivity index (χ1v) is 9.21. The molecule has 0 bridgehead atoms. The Morgan fingerprint density at radius 3 is 2.74 bits per heavy atom. The van der Waals surface area contributed by atoms with Crippen molar-refractivity contribution in [2.45, 2.75) is 13.0 Å². The molecule has 6 heteroatoms. The molecule has 2 aromatic carbocycles. The molecule has 1 unspecified atom stereocenters. The van der Waals surface area contributed by atoms with Gasteiger partial charge in [-0.25, -0.2) is 4.98 Å². The Morgan fingerprint density at radius 2 is 1.89 bits per heavy atom. The van der Waals surface area contributed by atoms with E-state index in [4.69, 9.17) is 0 Å². The summed E-state index contributed by atoms with van der Waals surface area (Å²) < 4.78 is 1.36. The van der Waals surface area contributed by atoms with Crippen LogP contribution in [0.3, 0.4) is 0 Å². The van der Waals surface area contributed by atoms with Gasteiger partial charge in [-0.2, -0.15) is 0 Å². The lowest BCUT2D eigenvalue weighted by atomic mass is 10.1. The highest BCUT2D eigenvalue weighted by Gasteiger charge is 2.23. The predicted octanol–water partition coefficient (Wildman–Crippen LogP) is 2.04. The molecule has 1 aromatic heterocycles. The molecule has 0 radical (unpaired) electrons. The van der Waals surface area contributed by atoms with Gasteiger partial charge in [0.05, 0.1) is 17.2 Å². The van der Waals surface area contributed by atoms with Gasteiger partial charge >= 0.3 is 0 Å². The van der Waals surface area contributed by atoms with Crippen LogP contribution >= 0.6 is 0 Å². The Kier molecular flexibility index (Phi) is 4.87. The number of fused-ring (bicyclic) bond motifs is 1. The fourth-order valence-corrected chi connectivity index (χ4v) is 3.56. The van der Waals surface area contributed by atoms with Crippen LogP contribution in [0, 0.1) is 5.92 Å². The number of rotatable bonds is 5. The van der Waals surface area contributed by atoms with Crippen LogP contribution in [0.15, 0.2) is 65.7 Å². The lowest BCUT2D eigenvalue weighted by Gasteiger charge is -2.18. The third-order valence-electron chi connectivity index (χ3n) is 5.04. The van der Waals surface area contributed by atoms with Gasteiger partial charge in [0.2, 0.25) is 5.91 Å². The maximum Gasteiger partial charge on any atom is 0.261 e. The van der Waals surface area contributed by atoms with Gasteiger partial charge < -0.3 is 10.2 Å². The van der Waals surface area contributed by atoms with Crippen molar-refractivity contribution in [3.05, 3.63) is 71.3 Å². The molecule has 1 aliphatic heterocycles. The van der Waals surface area contributed by atoms with Gasteiger partial charge in [0.15, 0.2) is 0 Å². The van der Waals surface area contributed by atoms with Crippen LogP contribution in [0.4, 0.5) is 5.69 Å². The Balaban J connectivity index is 1.33. The number of nitrogens with zero attached hydrogens (tertiary/aromatic N) is 3. The molecule has 3 aromatic rings. The van der Waals surface area contributed by atoms with Gasteiger partial charge in [0, 0.05) is 25.3 Å². The first-order valence-electron chi connectivity index (χ1n) is 9.21. The lowest BCUT2D eigenvalue weighted by Crippen LogP contribution is -2.35. The minimum absolute atomic E-state index is 0.00815. The van der Waals surface area contributed by atoms with Crippen molar-refractivity contribution < 1.29 is 4.79 Å². The third kappa shape index (κ3) is 3.84. The van der Waals surface area contributed by atoms with Crippen LogP contribution in [0.1, 0.15) is 6.42 Å². The molecular formula is C21H22N4O2. The molecule has 0 aliphatic carbocycles. The minimum Gasteiger partial charge on any atom is -0.371 e. The topological polar surface area (TPSA) is 67.2 Å². The zero-order valence-electron chi connectivity index (χ0n) is 15.0. The zero-order chi connectivity index (χ0) is 18.6. The summed E-state index contributed by atoms with van der Waals surface area (Å²) in [5.74, 6) is 0.257. The first kappa shape index (κ1) is 17.3. The Morgan fingerprint density at radius 1 is 1.11 bits per heavy atom. The molecule has 27 heavy (non-hydrogen) atoms. The number of para-hydroxylation sites is 2. The van der Waals surface area contributed by atoms with Gasteiger partial charge in [-0.1, -0.05) is 30.3 Å². The van der Waals surface area contributed by atoms with Gasteiger partial charge in [-0.15, -0.1) is 0 Å². The van der Waals surface area contributed by atoms with E-state index in [1.54, 1.807) is 18.2 Å². The van der Waals surface area contributed by atoms with Gasteiger partial charge in [-0.05, 0) is 36.6 Å². The summed E-state index contributed by atoms with van der Waals surface area (Å²) in [5.41, 5.74) is 1.68. The van der Waals surface area contributed by atoms with Crippen LogP contribution in [-0.2, 0) is 11.3 Å². The number of anilines is 1. The number of nitrogens with one attached hydrogen (secondary N) is 1. The van der Waals surface area contributed by atoms with E-state index in [2.05, 4.69) is 27.3 Å². The van der Waals surface area contributed by atoms with E-state index in [9.17, 15) is 9.59 Å². The summed E-state index contributed by atoms with van der Waals surface area (Å²) in [4.78, 5) is 31.4. The molecule has 2 heterocycles. The molecule has 1 atom stereocenters. The van der Waals surface area contributed by atoms with Crippen LogP contribution < -0.4 is 15.8 Å². The number of carbonyl (C=O) groups is 1. The Bertz CT molecular complexity index is 1000. The van der Waals surface area contributed by atoms with E-state index in [1.807, 2.05) is 24.3 Å². The average Bonchev–Trinajstić information content (AvgIpc) is 3.19. The lowest BCUT2D eigenvalue weighted by molar-refractivity contribution is -0.121. The molecule has 1 N–H and O–H groups in total. The molecule has 4 rings (SSSR count). The van der Waals surface area contributed by atoms with E-state index in [-0.39, 0.29) is 18.0 Å². The summed E-state index contributed by atoms with van der Waals surface area (Å²) in [7, 11) is 0. The highest BCUT2D eigenvalue weighted by atomic mass is 16.2. The molecule has 1 aliphatic rings. The summed E-state index contributed by atoms with van der Waals surface area (Å²) in [6.07, 6.45) is 2.49. The second-order valence-electron chi connectivity index (χ2n) is 6.94. The fourth-order valence-electron chi connectivity index (χ4n) is 3.56. The van der Waals surface area contributed by atoms with Crippen LogP contribution in [-0.4, -0.2) is 35.1 Å². The molecule has 0 saturated carbocycles. The number of benzene rings is 2. The zero-order valence-corrected chi connectivity index (χ0v) is 15.0. The SMILES string of the molecule is O=C(Cn1cnc2ccccc2c1=O)NCC1CCN(c2ccccc2)C1. The van der Waals surface area contributed by atoms with E-state index < -0.39 is 0 Å². The highest BCUT2D eigenvalue weighted by molar-refractivity contribution is 5.78. The first-order chi connectivity index (χ1) is 13.2. The Hall–Kier alpha value is -3.15. The van der Waals surface area contributed by atoms with E-state index in [1.165, 1.54) is 16.6 Å². The van der Waals surface area contributed by atoms with Gasteiger partial charge in [0.1, 0.15) is 6.54 Å². The number of aromatic nitrogens is 2. The van der Waals surface area contributed by atoms with Crippen LogP contribution in [0.25, 0.3) is 10.9 Å².